The fourth-order valence-electron chi connectivity index (χ4n) is 3.20. The summed E-state index contributed by atoms with van der Waals surface area (Å²) in [6.45, 7) is 1.24. The second kappa shape index (κ2) is 7.25. The molecule has 2 heterocycles. The van der Waals surface area contributed by atoms with Gasteiger partial charge in [-0.25, -0.2) is 4.98 Å². The fraction of sp³-hybridized carbons (Fsp3) is 0.143. The highest BCUT2D eigenvalue weighted by molar-refractivity contribution is 6.32. The van der Waals surface area contributed by atoms with Gasteiger partial charge in [-0.15, -0.1) is 0 Å². The molecule has 0 bridgehead atoms. The number of likely N-dealkylation sites (N-methyl/N-ethyl adjacent to an activating group) is 1. The maximum absolute atomic E-state index is 12.6. The average molecular weight is 354 g/mol. The van der Waals surface area contributed by atoms with Crippen molar-refractivity contribution in [2.75, 3.05) is 20.1 Å². The zero-order valence-corrected chi connectivity index (χ0v) is 15.0. The Morgan fingerprint density at radius 3 is 2.63 bits per heavy atom. The molecule has 132 valence electrons. The number of hydrogen-bond acceptors (Lipinski definition) is 3. The molecule has 0 saturated carbocycles. The molecule has 6 heteroatoms. The topological polar surface area (TPSA) is 69.8 Å². The van der Waals surface area contributed by atoms with Crippen LogP contribution in [0.3, 0.4) is 0 Å². The van der Waals surface area contributed by atoms with Crippen LogP contribution >= 0.6 is 0 Å². The van der Waals surface area contributed by atoms with Crippen LogP contribution in [0.1, 0.15) is 10.5 Å². The van der Waals surface area contributed by atoms with E-state index in [0.717, 1.165) is 33.1 Å². The van der Waals surface area contributed by atoms with Gasteiger partial charge in [-0.1, -0.05) is 47.9 Å². The second-order valence-corrected chi connectivity index (χ2v) is 6.43. The maximum Gasteiger partial charge on any atom is 0.269 e. The Hall–Kier alpha value is -3.12. The standard InChI is InChI=1S/C21H19BN4O/c1-23-10-11-24-21(27)18-12-16-15-4-2-3-5-17(15)25-20(16)19(26-18)13-6-8-14(22)9-7-13/h2-9,12,23,25H,10-11H2,1H3,(H,24,27). The molecule has 2 aromatic carbocycles. The van der Waals surface area contributed by atoms with Crippen LogP contribution in [0.2, 0.25) is 0 Å². The molecular weight excluding hydrogens is 335 g/mol. The summed E-state index contributed by atoms with van der Waals surface area (Å²) in [7, 11) is 7.68. The van der Waals surface area contributed by atoms with E-state index in [1.807, 2.05) is 61.6 Å². The summed E-state index contributed by atoms with van der Waals surface area (Å²) >= 11 is 0. The predicted molar refractivity (Wildman–Crippen MR) is 111 cm³/mol. The van der Waals surface area contributed by atoms with Crippen LogP contribution < -0.4 is 16.1 Å². The molecular formula is C21H19BN4O. The number of hydrogen-bond donors (Lipinski definition) is 3. The van der Waals surface area contributed by atoms with Gasteiger partial charge in [-0.3, -0.25) is 4.79 Å². The van der Waals surface area contributed by atoms with Crippen molar-refractivity contribution in [3.8, 4) is 11.3 Å². The van der Waals surface area contributed by atoms with E-state index in [-0.39, 0.29) is 5.91 Å². The lowest BCUT2D eigenvalue weighted by Gasteiger charge is -2.09. The molecule has 0 unspecified atom stereocenters. The third-order valence-corrected chi connectivity index (χ3v) is 4.57. The normalized spacial score (nSPS) is 11.1. The quantitative estimate of drug-likeness (QED) is 0.380. The van der Waals surface area contributed by atoms with Crippen LogP contribution in [0.15, 0.2) is 54.6 Å². The van der Waals surface area contributed by atoms with Crippen molar-refractivity contribution in [1.29, 1.82) is 0 Å². The molecule has 5 nitrogen and oxygen atoms in total. The monoisotopic (exact) mass is 354 g/mol. The Kier molecular flexibility index (Phi) is 4.65. The van der Waals surface area contributed by atoms with E-state index < -0.39 is 0 Å². The molecule has 0 aliphatic carbocycles. The van der Waals surface area contributed by atoms with E-state index in [1.165, 1.54) is 0 Å². The number of para-hydroxylation sites is 1. The van der Waals surface area contributed by atoms with Gasteiger partial charge >= 0.3 is 0 Å². The Balaban J connectivity index is 1.91. The summed E-state index contributed by atoms with van der Waals surface area (Å²) in [4.78, 5) is 20.7. The number of nitrogens with one attached hydrogen (secondary N) is 3. The molecule has 3 N–H and O–H groups in total. The smallest absolute Gasteiger partial charge is 0.269 e. The minimum Gasteiger partial charge on any atom is -0.353 e. The van der Waals surface area contributed by atoms with Crippen molar-refractivity contribution >= 4 is 41.0 Å². The van der Waals surface area contributed by atoms with Crippen molar-refractivity contribution < 1.29 is 4.79 Å². The van der Waals surface area contributed by atoms with Crippen LogP contribution in [0.25, 0.3) is 33.1 Å². The number of fused-ring (bicyclic) bond motifs is 3. The van der Waals surface area contributed by atoms with Gasteiger partial charge in [0.2, 0.25) is 0 Å². The van der Waals surface area contributed by atoms with Crippen molar-refractivity contribution in [3.05, 3.63) is 60.3 Å². The number of aromatic nitrogens is 2. The van der Waals surface area contributed by atoms with Gasteiger partial charge in [0.1, 0.15) is 13.5 Å². The van der Waals surface area contributed by atoms with E-state index in [9.17, 15) is 4.79 Å². The predicted octanol–water partition coefficient (Wildman–Crippen LogP) is 2.13. The van der Waals surface area contributed by atoms with Gasteiger partial charge in [-0.05, 0) is 19.2 Å². The minimum absolute atomic E-state index is 0.186. The molecule has 1 amide bonds. The lowest BCUT2D eigenvalue weighted by atomic mass is 9.94. The zero-order valence-electron chi connectivity index (χ0n) is 15.0. The Bertz CT molecular complexity index is 1120. The SMILES string of the molecule is [B]c1ccc(-c2nc(C(=O)NCCNC)cc3c2[nH]c2ccccc23)cc1. The zero-order chi connectivity index (χ0) is 18.8. The molecule has 0 spiro atoms. The highest BCUT2D eigenvalue weighted by atomic mass is 16.1. The number of amides is 1. The summed E-state index contributed by atoms with van der Waals surface area (Å²) in [5.41, 5.74) is 4.65. The molecule has 0 aliphatic rings. The molecule has 27 heavy (non-hydrogen) atoms. The van der Waals surface area contributed by atoms with E-state index in [0.29, 0.717) is 24.2 Å². The van der Waals surface area contributed by atoms with Crippen LogP contribution in [0, 0.1) is 0 Å². The first-order valence-corrected chi connectivity index (χ1v) is 8.87. The average Bonchev–Trinajstić information content (AvgIpc) is 3.07. The fourth-order valence-corrected chi connectivity index (χ4v) is 3.20. The molecule has 2 radical (unpaired) electrons. The maximum atomic E-state index is 12.6. The van der Waals surface area contributed by atoms with Gasteiger partial charge < -0.3 is 15.6 Å². The first-order valence-electron chi connectivity index (χ1n) is 8.87. The molecule has 0 saturated heterocycles. The first kappa shape index (κ1) is 17.3. The van der Waals surface area contributed by atoms with Crippen LogP contribution in [-0.4, -0.2) is 43.9 Å². The second-order valence-electron chi connectivity index (χ2n) is 6.43. The lowest BCUT2D eigenvalue weighted by molar-refractivity contribution is 0.0949. The van der Waals surface area contributed by atoms with E-state index in [4.69, 9.17) is 7.85 Å². The minimum atomic E-state index is -0.186. The van der Waals surface area contributed by atoms with Gasteiger partial charge in [0.25, 0.3) is 5.91 Å². The Morgan fingerprint density at radius 1 is 1.07 bits per heavy atom. The molecule has 2 aromatic heterocycles. The number of pyridine rings is 1. The summed E-state index contributed by atoms with van der Waals surface area (Å²) in [6.07, 6.45) is 0. The number of aromatic amines is 1. The third kappa shape index (κ3) is 3.31. The van der Waals surface area contributed by atoms with Gasteiger partial charge in [0.15, 0.2) is 0 Å². The van der Waals surface area contributed by atoms with Crippen molar-refractivity contribution in [2.45, 2.75) is 0 Å². The Morgan fingerprint density at radius 2 is 1.85 bits per heavy atom. The van der Waals surface area contributed by atoms with Crippen LogP contribution in [0.4, 0.5) is 0 Å². The number of H-pyrrole nitrogens is 1. The molecule has 4 rings (SSSR count). The lowest BCUT2D eigenvalue weighted by Crippen LogP contribution is -2.31. The molecule has 0 fully saturated rings. The van der Waals surface area contributed by atoms with E-state index in [1.54, 1.807) is 0 Å². The summed E-state index contributed by atoms with van der Waals surface area (Å²) in [6, 6.07) is 17.4. The van der Waals surface area contributed by atoms with E-state index >= 15 is 0 Å². The van der Waals surface area contributed by atoms with Crippen molar-refractivity contribution in [1.82, 2.24) is 20.6 Å². The number of carbonyl (C=O) groups is 1. The number of benzene rings is 2. The van der Waals surface area contributed by atoms with Gasteiger partial charge in [-0.2, -0.15) is 0 Å². The third-order valence-electron chi connectivity index (χ3n) is 4.57. The van der Waals surface area contributed by atoms with Crippen LogP contribution in [-0.2, 0) is 0 Å². The highest BCUT2D eigenvalue weighted by Crippen LogP contribution is 2.32. The summed E-state index contributed by atoms with van der Waals surface area (Å²) in [5.74, 6) is -0.186. The van der Waals surface area contributed by atoms with Crippen LogP contribution in [0.5, 0.6) is 0 Å². The van der Waals surface area contributed by atoms with Crippen molar-refractivity contribution in [2.24, 2.45) is 0 Å². The van der Waals surface area contributed by atoms with E-state index in [2.05, 4.69) is 20.6 Å². The summed E-state index contributed by atoms with van der Waals surface area (Å²) < 4.78 is 0. The molecule has 0 aliphatic heterocycles. The Labute approximate surface area is 158 Å². The number of carbonyl (C=O) groups excluding carboxylic acids is 1. The number of rotatable bonds is 5. The first-order chi connectivity index (χ1) is 13.2. The van der Waals surface area contributed by atoms with Gasteiger partial charge in [0, 0.05) is 34.9 Å². The molecule has 4 aromatic rings. The largest absolute Gasteiger partial charge is 0.353 e. The molecule has 0 atom stereocenters. The number of nitrogens with zero attached hydrogens (tertiary/aromatic N) is 1. The van der Waals surface area contributed by atoms with Gasteiger partial charge in [0.05, 0.1) is 11.2 Å². The highest BCUT2D eigenvalue weighted by Gasteiger charge is 2.16. The van der Waals surface area contributed by atoms with Crippen molar-refractivity contribution in [3.63, 3.8) is 0 Å². The summed E-state index contributed by atoms with van der Waals surface area (Å²) in [5, 5.41) is 7.96.